The summed E-state index contributed by atoms with van der Waals surface area (Å²) in [5.74, 6) is -0.330. The molecule has 7 heteroatoms. The van der Waals surface area contributed by atoms with Gasteiger partial charge in [-0.25, -0.2) is 9.48 Å². The van der Waals surface area contributed by atoms with Gasteiger partial charge in [0, 0.05) is 12.4 Å². The summed E-state index contributed by atoms with van der Waals surface area (Å²) >= 11 is 0. The van der Waals surface area contributed by atoms with Gasteiger partial charge < -0.3 is 5.32 Å². The number of carbonyl (C=O) groups excluding carboxylic acids is 1. The fourth-order valence-corrected chi connectivity index (χ4v) is 1.84. The summed E-state index contributed by atoms with van der Waals surface area (Å²) in [5.41, 5.74) is 0.739. The molecular formula is C13H11N5O2. The van der Waals surface area contributed by atoms with Crippen molar-refractivity contribution in [3.8, 4) is 0 Å². The number of hydrogen-bond donors (Lipinski definition) is 1. The number of carbonyl (C=O) groups is 1. The highest BCUT2D eigenvalue weighted by Crippen LogP contribution is 2.02. The lowest BCUT2D eigenvalue weighted by molar-refractivity contribution is -0.117. The number of anilines is 1. The van der Waals surface area contributed by atoms with Gasteiger partial charge in [0.25, 0.3) is 0 Å². The van der Waals surface area contributed by atoms with E-state index in [-0.39, 0.29) is 18.1 Å². The van der Waals surface area contributed by atoms with Crippen LogP contribution in [-0.4, -0.2) is 25.1 Å². The summed E-state index contributed by atoms with van der Waals surface area (Å²) in [6.45, 7) is -0.143. The Morgan fingerprint density at radius 2 is 2.15 bits per heavy atom. The molecule has 0 aliphatic rings. The average molecular weight is 269 g/mol. The molecule has 0 fully saturated rings. The van der Waals surface area contributed by atoms with Crippen LogP contribution in [0.15, 0.2) is 53.7 Å². The molecule has 1 amide bonds. The van der Waals surface area contributed by atoms with Gasteiger partial charge >= 0.3 is 5.69 Å². The Kier molecular flexibility index (Phi) is 3.00. The highest BCUT2D eigenvalue weighted by atomic mass is 16.2. The molecule has 0 bridgehead atoms. The topological polar surface area (TPSA) is 81.3 Å². The molecule has 0 aliphatic heterocycles. The molecule has 0 radical (unpaired) electrons. The van der Waals surface area contributed by atoms with Crippen molar-refractivity contribution in [2.45, 2.75) is 6.54 Å². The number of nitrogens with zero attached hydrogens (tertiary/aromatic N) is 4. The normalized spacial score (nSPS) is 10.6. The first-order valence-corrected chi connectivity index (χ1v) is 5.98. The van der Waals surface area contributed by atoms with E-state index in [0.29, 0.717) is 11.3 Å². The molecule has 0 atom stereocenters. The highest BCUT2D eigenvalue weighted by Gasteiger charge is 2.10. The molecule has 0 aliphatic carbocycles. The third kappa shape index (κ3) is 2.28. The Hall–Kier alpha value is -2.96. The zero-order chi connectivity index (χ0) is 13.9. The Labute approximate surface area is 113 Å². The molecule has 20 heavy (non-hydrogen) atoms. The molecule has 3 aromatic rings. The molecule has 0 spiro atoms. The van der Waals surface area contributed by atoms with Crippen molar-refractivity contribution in [2.75, 3.05) is 5.32 Å². The molecule has 0 unspecified atom stereocenters. The predicted molar refractivity (Wildman–Crippen MR) is 72.3 cm³/mol. The fraction of sp³-hybridized carbons (Fsp3) is 0.0769. The van der Waals surface area contributed by atoms with Crippen LogP contribution in [0.3, 0.4) is 0 Å². The molecular weight excluding hydrogens is 258 g/mol. The second kappa shape index (κ2) is 4.96. The number of rotatable bonds is 3. The van der Waals surface area contributed by atoms with Gasteiger partial charge in [0.15, 0.2) is 5.65 Å². The van der Waals surface area contributed by atoms with Gasteiger partial charge in [-0.15, -0.1) is 5.10 Å². The number of hydrogen-bond acceptors (Lipinski definition) is 4. The van der Waals surface area contributed by atoms with Crippen LogP contribution in [-0.2, 0) is 11.3 Å². The maximum Gasteiger partial charge on any atom is 0.350 e. The van der Waals surface area contributed by atoms with Gasteiger partial charge in [-0.2, -0.15) is 0 Å². The third-order valence-corrected chi connectivity index (χ3v) is 2.73. The minimum Gasteiger partial charge on any atom is -0.323 e. The van der Waals surface area contributed by atoms with E-state index in [9.17, 15) is 9.59 Å². The lowest BCUT2D eigenvalue weighted by atomic mass is 10.4. The van der Waals surface area contributed by atoms with E-state index in [1.807, 2.05) is 0 Å². The van der Waals surface area contributed by atoms with Crippen LogP contribution < -0.4 is 11.0 Å². The van der Waals surface area contributed by atoms with E-state index in [4.69, 9.17) is 0 Å². The minimum absolute atomic E-state index is 0.143. The Balaban J connectivity index is 1.81. The number of fused-ring (bicyclic) bond motifs is 1. The number of nitrogens with one attached hydrogen (secondary N) is 1. The average Bonchev–Trinajstić information content (AvgIpc) is 2.77. The van der Waals surface area contributed by atoms with E-state index in [1.54, 1.807) is 42.7 Å². The van der Waals surface area contributed by atoms with Gasteiger partial charge in [-0.05, 0) is 24.3 Å². The summed E-state index contributed by atoms with van der Waals surface area (Å²) in [6, 6.07) is 8.65. The minimum atomic E-state index is -0.345. The van der Waals surface area contributed by atoms with Gasteiger partial charge in [0.1, 0.15) is 6.54 Å². The van der Waals surface area contributed by atoms with E-state index < -0.39 is 0 Å². The van der Waals surface area contributed by atoms with E-state index in [0.717, 1.165) is 4.68 Å². The Bertz CT molecular complexity index is 806. The zero-order valence-electron chi connectivity index (χ0n) is 10.4. The smallest absolute Gasteiger partial charge is 0.323 e. The summed E-state index contributed by atoms with van der Waals surface area (Å²) in [5, 5.41) is 6.74. The van der Waals surface area contributed by atoms with Crippen LogP contribution in [0, 0.1) is 0 Å². The molecule has 1 N–H and O–H groups in total. The van der Waals surface area contributed by atoms with Crippen molar-refractivity contribution < 1.29 is 4.79 Å². The summed E-state index contributed by atoms with van der Waals surface area (Å²) in [6.07, 6.45) is 4.76. The molecule has 7 nitrogen and oxygen atoms in total. The molecule has 3 aromatic heterocycles. The van der Waals surface area contributed by atoms with Crippen LogP contribution in [0.1, 0.15) is 0 Å². The number of amides is 1. The van der Waals surface area contributed by atoms with E-state index in [2.05, 4.69) is 15.4 Å². The SMILES string of the molecule is O=C(Cn1nc2ccccn2c1=O)Nc1cccnc1. The lowest BCUT2D eigenvalue weighted by Gasteiger charge is -2.03. The Morgan fingerprint density at radius 1 is 1.25 bits per heavy atom. The first-order valence-electron chi connectivity index (χ1n) is 5.98. The van der Waals surface area contributed by atoms with E-state index in [1.165, 1.54) is 10.6 Å². The molecule has 3 rings (SSSR count). The van der Waals surface area contributed by atoms with Crippen LogP contribution in [0.4, 0.5) is 5.69 Å². The van der Waals surface area contributed by atoms with Gasteiger partial charge in [-0.1, -0.05) is 6.07 Å². The zero-order valence-corrected chi connectivity index (χ0v) is 10.4. The van der Waals surface area contributed by atoms with Crippen LogP contribution in [0.5, 0.6) is 0 Å². The molecule has 0 saturated carbocycles. The van der Waals surface area contributed by atoms with Gasteiger partial charge in [-0.3, -0.25) is 14.2 Å². The largest absolute Gasteiger partial charge is 0.350 e. The highest BCUT2D eigenvalue weighted by molar-refractivity contribution is 5.90. The molecule has 3 heterocycles. The molecule has 100 valence electrons. The summed E-state index contributed by atoms with van der Waals surface area (Å²) in [4.78, 5) is 27.7. The fourth-order valence-electron chi connectivity index (χ4n) is 1.84. The molecule has 0 saturated heterocycles. The standard InChI is InChI=1S/C13H11N5O2/c19-12(15-10-4-3-6-14-8-10)9-18-13(20)17-7-2-1-5-11(17)16-18/h1-8H,9H2,(H,15,19). The van der Waals surface area contributed by atoms with Crippen molar-refractivity contribution in [3.05, 3.63) is 59.4 Å². The number of pyridine rings is 2. The van der Waals surface area contributed by atoms with Crippen molar-refractivity contribution in [3.63, 3.8) is 0 Å². The van der Waals surface area contributed by atoms with Crippen LogP contribution in [0.25, 0.3) is 5.65 Å². The predicted octanol–water partition coefficient (Wildman–Crippen LogP) is 0.530. The van der Waals surface area contributed by atoms with E-state index >= 15 is 0 Å². The number of aromatic nitrogens is 4. The van der Waals surface area contributed by atoms with Crippen molar-refractivity contribution in [1.29, 1.82) is 0 Å². The maximum absolute atomic E-state index is 12.0. The lowest BCUT2D eigenvalue weighted by Crippen LogP contribution is -2.28. The summed E-state index contributed by atoms with van der Waals surface area (Å²) < 4.78 is 2.51. The second-order valence-corrected chi connectivity index (χ2v) is 4.16. The van der Waals surface area contributed by atoms with Crippen molar-refractivity contribution >= 4 is 17.2 Å². The maximum atomic E-state index is 12.0. The van der Waals surface area contributed by atoms with Crippen molar-refractivity contribution in [1.82, 2.24) is 19.2 Å². The van der Waals surface area contributed by atoms with Crippen molar-refractivity contribution in [2.24, 2.45) is 0 Å². The summed E-state index contributed by atoms with van der Waals surface area (Å²) in [7, 11) is 0. The quantitative estimate of drug-likeness (QED) is 0.752. The first kappa shape index (κ1) is 12.1. The second-order valence-electron chi connectivity index (χ2n) is 4.16. The van der Waals surface area contributed by atoms with Crippen LogP contribution in [0.2, 0.25) is 0 Å². The first-order chi connectivity index (χ1) is 9.74. The Morgan fingerprint density at radius 3 is 2.90 bits per heavy atom. The molecule has 0 aromatic carbocycles. The van der Waals surface area contributed by atoms with Crippen LogP contribution >= 0.6 is 0 Å². The van der Waals surface area contributed by atoms with Gasteiger partial charge in [0.2, 0.25) is 5.91 Å². The third-order valence-electron chi connectivity index (χ3n) is 2.73. The monoisotopic (exact) mass is 269 g/mol. The van der Waals surface area contributed by atoms with Gasteiger partial charge in [0.05, 0.1) is 11.9 Å².